The van der Waals surface area contributed by atoms with Crippen molar-refractivity contribution in [2.45, 2.75) is 105 Å². The Labute approximate surface area is 567 Å². The van der Waals surface area contributed by atoms with Crippen molar-refractivity contribution in [3.05, 3.63) is 226 Å². The average Bonchev–Trinajstić information content (AvgIpc) is 1.58. The maximum absolute atomic E-state index is 12.9. The predicted molar refractivity (Wildman–Crippen MR) is 403 cm³/mol. The molecule has 8 bridgehead atoms. The standard InChI is InChI=1S/C84H76N6O4S2/c1-81(2,3)51-23-35-67-55(43-51)56-44-52(82(4,5)6)24-36-68(56)89(67)73-41-39-71(95-73)77-63-31-29-61(86-63)75(47-15-19-49(20-16-47)79(91)93-13)59-27-28-60(85-59)76(48-17-21-50(22-18-48)80(92)94-14)62-30-32-64(87-62)78(66-34-33-65(77)88-66)72-40-42-74(96-72)90-69-37-25-53(83(7,8)9)45-57(69)58-46-54(84(10,11)12)26-38-70(58)90/h15-46,86-87H,1-14H3. The minimum atomic E-state index is -0.419. The topological polar surface area (TPSA) is 120 Å². The van der Waals surface area contributed by atoms with Crippen LogP contribution < -0.4 is 0 Å². The molecule has 9 heterocycles. The van der Waals surface area contributed by atoms with Crippen LogP contribution in [0.25, 0.3) is 143 Å². The van der Waals surface area contributed by atoms with Crippen LogP contribution in [-0.2, 0) is 31.1 Å². The van der Waals surface area contributed by atoms with Crippen LogP contribution in [0.3, 0.4) is 0 Å². The summed E-state index contributed by atoms with van der Waals surface area (Å²) in [6, 6.07) is 60.5. The van der Waals surface area contributed by atoms with E-state index in [0.717, 1.165) is 109 Å². The number of benzene rings is 6. The molecule has 478 valence electrons. The number of aromatic nitrogens is 6. The average molecular weight is 1300 g/mol. The zero-order valence-electron chi connectivity index (χ0n) is 56.7. The van der Waals surface area contributed by atoms with Gasteiger partial charge >= 0.3 is 11.9 Å². The molecule has 6 aromatic carbocycles. The number of esters is 2. The molecule has 15 rings (SSSR count). The zero-order valence-corrected chi connectivity index (χ0v) is 58.3. The number of carbonyl (C=O) groups is 2. The second kappa shape index (κ2) is 22.8. The SMILES string of the molecule is COC(=O)c1ccc(-c2c3nc(c(-c4ccc(C(=O)OC)cc4)c4ccc([nH]4)c(-c4ccc(-n5c6ccc(C(C)(C)C)cc6c6cc(C(C)(C)C)ccc65)s4)c4nc(c(-c5ccc(-n6c7ccc(C(C)(C)C)cc7c7cc(C(C)(C)C)ccc76)s5)c5ccc2[nH]5)C=C4)C=C3)cc1. The molecule has 2 N–H and O–H groups in total. The molecule has 0 unspecified atom stereocenters. The van der Waals surface area contributed by atoms with E-state index in [2.05, 4.69) is 248 Å². The summed E-state index contributed by atoms with van der Waals surface area (Å²) in [6.07, 6.45) is 8.44. The quantitative estimate of drug-likeness (QED) is 0.146. The molecule has 0 fully saturated rings. The molecule has 13 aromatic rings. The molecular formula is C84H76N6O4S2. The summed E-state index contributed by atoms with van der Waals surface area (Å²) >= 11 is 3.49. The van der Waals surface area contributed by atoms with Crippen LogP contribution in [0, 0.1) is 0 Å². The van der Waals surface area contributed by atoms with Crippen LogP contribution >= 0.6 is 22.7 Å². The van der Waals surface area contributed by atoms with Crippen molar-refractivity contribution in [2.75, 3.05) is 14.2 Å². The number of hydrogen-bond donors (Lipinski definition) is 2. The molecule has 96 heavy (non-hydrogen) atoms. The van der Waals surface area contributed by atoms with Gasteiger partial charge in [0.2, 0.25) is 0 Å². The van der Waals surface area contributed by atoms with Gasteiger partial charge in [-0.05, 0) is 201 Å². The van der Waals surface area contributed by atoms with Crippen molar-refractivity contribution in [1.29, 1.82) is 0 Å². The van der Waals surface area contributed by atoms with E-state index < -0.39 is 11.9 Å². The fourth-order valence-electron chi connectivity index (χ4n) is 13.7. The first-order valence-electron chi connectivity index (χ1n) is 32.7. The smallest absolute Gasteiger partial charge is 0.337 e. The van der Waals surface area contributed by atoms with Gasteiger partial charge in [-0.2, -0.15) is 0 Å². The maximum atomic E-state index is 12.9. The van der Waals surface area contributed by atoms with Gasteiger partial charge in [0, 0.05) is 75.6 Å². The Kier molecular flexibility index (Phi) is 14.7. The Balaban J connectivity index is 1.01. The van der Waals surface area contributed by atoms with E-state index in [-0.39, 0.29) is 21.7 Å². The molecule has 0 amide bonds. The molecule has 12 heteroatoms. The number of carbonyl (C=O) groups excluding carboxylic acids is 2. The lowest BCUT2D eigenvalue weighted by atomic mass is 9.85. The van der Waals surface area contributed by atoms with Crippen molar-refractivity contribution >= 4 is 125 Å². The fraction of sp³-hybridized carbons (Fsp3) is 0.214. The summed E-state index contributed by atoms with van der Waals surface area (Å²) in [5.74, 6) is -0.839. The number of H-pyrrole nitrogens is 2. The van der Waals surface area contributed by atoms with Gasteiger partial charge in [0.05, 0.1) is 70.2 Å². The lowest BCUT2D eigenvalue weighted by molar-refractivity contribution is 0.0592. The molecule has 10 nitrogen and oxygen atoms in total. The maximum Gasteiger partial charge on any atom is 0.337 e. The number of aromatic amines is 2. The van der Waals surface area contributed by atoms with Crippen molar-refractivity contribution < 1.29 is 19.1 Å². The molecule has 2 aliphatic rings. The third-order valence-corrected chi connectivity index (χ3v) is 21.2. The first-order valence-corrected chi connectivity index (χ1v) is 34.4. The molecule has 0 saturated carbocycles. The van der Waals surface area contributed by atoms with Gasteiger partial charge in [0.25, 0.3) is 0 Å². The first kappa shape index (κ1) is 62.0. The number of ether oxygens (including phenoxy) is 2. The Hall–Kier alpha value is -10.1. The van der Waals surface area contributed by atoms with Crippen LogP contribution in [0.2, 0.25) is 0 Å². The summed E-state index contributed by atoms with van der Waals surface area (Å²) < 4.78 is 15.2. The van der Waals surface area contributed by atoms with Gasteiger partial charge in [-0.3, -0.25) is 0 Å². The summed E-state index contributed by atoms with van der Waals surface area (Å²) in [7, 11) is 2.79. The monoisotopic (exact) mass is 1300 g/mol. The molecule has 0 spiro atoms. The van der Waals surface area contributed by atoms with E-state index in [1.807, 2.05) is 24.3 Å². The summed E-state index contributed by atoms with van der Waals surface area (Å²) in [5.41, 5.74) is 22.1. The van der Waals surface area contributed by atoms with E-state index in [4.69, 9.17) is 19.4 Å². The molecule has 0 saturated heterocycles. The van der Waals surface area contributed by atoms with Gasteiger partial charge in [0.15, 0.2) is 0 Å². The number of nitrogens with one attached hydrogen (secondary N) is 2. The van der Waals surface area contributed by atoms with Gasteiger partial charge in [0.1, 0.15) is 10.0 Å². The fourth-order valence-corrected chi connectivity index (χ4v) is 15.9. The lowest BCUT2D eigenvalue weighted by Gasteiger charge is -2.19. The number of nitrogens with zero attached hydrogens (tertiary/aromatic N) is 4. The number of rotatable bonds is 8. The first-order chi connectivity index (χ1) is 45.8. The minimum Gasteiger partial charge on any atom is -0.465 e. The molecule has 2 aliphatic heterocycles. The molecule has 0 atom stereocenters. The Bertz CT molecular complexity index is 5150. The van der Waals surface area contributed by atoms with Crippen LogP contribution in [-0.4, -0.2) is 55.2 Å². The number of methoxy groups -OCH3 is 2. The van der Waals surface area contributed by atoms with Crippen LogP contribution in [0.15, 0.2) is 170 Å². The molecule has 0 aliphatic carbocycles. The summed E-state index contributed by atoms with van der Waals surface area (Å²) in [5, 5.41) is 7.09. The number of fused-ring (bicyclic) bond motifs is 14. The normalized spacial score (nSPS) is 12.9. The second-order valence-electron chi connectivity index (χ2n) is 29.5. The van der Waals surface area contributed by atoms with E-state index in [1.54, 1.807) is 46.9 Å². The van der Waals surface area contributed by atoms with Gasteiger partial charge in [-0.25, -0.2) is 19.6 Å². The molecule has 7 aromatic heterocycles. The van der Waals surface area contributed by atoms with E-state index in [0.29, 0.717) is 22.5 Å². The lowest BCUT2D eigenvalue weighted by Crippen LogP contribution is -2.10. The molecular weight excluding hydrogens is 1220 g/mol. The van der Waals surface area contributed by atoms with Crippen LogP contribution in [0.1, 0.15) is 149 Å². The highest BCUT2D eigenvalue weighted by molar-refractivity contribution is 7.18. The van der Waals surface area contributed by atoms with Gasteiger partial charge in [-0.1, -0.05) is 132 Å². The summed E-state index contributed by atoms with van der Waals surface area (Å²) in [6.45, 7) is 27.4. The Morgan fingerprint density at radius 2 is 0.635 bits per heavy atom. The van der Waals surface area contributed by atoms with E-state index in [9.17, 15) is 9.59 Å². The van der Waals surface area contributed by atoms with Crippen LogP contribution in [0.4, 0.5) is 0 Å². The second-order valence-corrected chi connectivity index (χ2v) is 31.6. The van der Waals surface area contributed by atoms with E-state index in [1.165, 1.54) is 58.0 Å². The zero-order chi connectivity index (χ0) is 67.1. The Morgan fingerprint density at radius 1 is 0.354 bits per heavy atom. The summed E-state index contributed by atoms with van der Waals surface area (Å²) in [4.78, 5) is 47.1. The highest BCUT2D eigenvalue weighted by Gasteiger charge is 2.27. The predicted octanol–water partition coefficient (Wildman–Crippen LogP) is 22.4. The van der Waals surface area contributed by atoms with Crippen molar-refractivity contribution in [3.63, 3.8) is 0 Å². The third-order valence-electron chi connectivity index (χ3n) is 19.1. The number of hydrogen-bond acceptors (Lipinski definition) is 8. The largest absolute Gasteiger partial charge is 0.465 e. The van der Waals surface area contributed by atoms with E-state index >= 15 is 0 Å². The highest BCUT2D eigenvalue weighted by atomic mass is 32.1. The number of thiophene rings is 2. The van der Waals surface area contributed by atoms with Crippen molar-refractivity contribution in [2.24, 2.45) is 0 Å². The van der Waals surface area contributed by atoms with Crippen LogP contribution in [0.5, 0.6) is 0 Å². The molecule has 0 radical (unpaired) electrons. The minimum absolute atomic E-state index is 0.0408. The van der Waals surface area contributed by atoms with Crippen molar-refractivity contribution in [3.8, 4) is 53.1 Å². The Morgan fingerprint density at radius 3 is 0.917 bits per heavy atom. The van der Waals surface area contributed by atoms with Crippen molar-refractivity contribution in [1.82, 2.24) is 29.1 Å². The highest BCUT2D eigenvalue weighted by Crippen LogP contribution is 2.47. The van der Waals surface area contributed by atoms with Gasteiger partial charge < -0.3 is 28.6 Å². The van der Waals surface area contributed by atoms with Gasteiger partial charge in [-0.15, -0.1) is 22.7 Å². The third kappa shape index (κ3) is 10.7.